The minimum absolute atomic E-state index is 0.113. The Morgan fingerprint density at radius 3 is 2.83 bits per heavy atom. The molecule has 1 atom stereocenters. The highest BCUT2D eigenvalue weighted by atomic mass is 32.2. The summed E-state index contributed by atoms with van der Waals surface area (Å²) in [5, 5.41) is 13.2. The van der Waals surface area contributed by atoms with Gasteiger partial charge in [-0.05, 0) is 38.6 Å². The first-order valence-corrected chi connectivity index (χ1v) is 12.1. The van der Waals surface area contributed by atoms with E-state index < -0.39 is 15.3 Å². The van der Waals surface area contributed by atoms with E-state index in [-0.39, 0.29) is 6.04 Å². The number of aliphatic imine (C=N–C) groups is 1. The summed E-state index contributed by atoms with van der Waals surface area (Å²) >= 11 is 1.67. The maximum atomic E-state index is 12.6. The van der Waals surface area contributed by atoms with Crippen molar-refractivity contribution in [2.45, 2.75) is 51.6 Å². The first-order valence-electron chi connectivity index (χ1n) is 9.68. The lowest BCUT2D eigenvalue weighted by Gasteiger charge is -2.22. The maximum Gasteiger partial charge on any atom is 0.216 e. The zero-order valence-corrected chi connectivity index (χ0v) is 18.9. The second kappa shape index (κ2) is 9.23. The van der Waals surface area contributed by atoms with Gasteiger partial charge in [0.15, 0.2) is 11.8 Å². The molecule has 9 nitrogen and oxygen atoms in total. The minimum atomic E-state index is -3.35. The number of rotatable bonds is 7. The summed E-state index contributed by atoms with van der Waals surface area (Å²) in [4.78, 5) is 7.93. The molecule has 0 spiro atoms. The first-order chi connectivity index (χ1) is 13.8. The Balaban J connectivity index is 1.74. The average molecular weight is 440 g/mol. The molecular weight excluding hydrogens is 410 g/mol. The van der Waals surface area contributed by atoms with Crippen LogP contribution in [0, 0.1) is 6.92 Å². The number of hydrogen-bond donors (Lipinski definition) is 2. The molecule has 0 saturated carbocycles. The van der Waals surface area contributed by atoms with Crippen molar-refractivity contribution in [1.82, 2.24) is 29.7 Å². The van der Waals surface area contributed by atoms with Crippen LogP contribution in [0.25, 0.3) is 0 Å². The second-order valence-electron chi connectivity index (χ2n) is 7.47. The molecule has 2 N–H and O–H groups in total. The molecule has 160 valence electrons. The number of guanidine groups is 1. The topological polar surface area (TPSA) is 105 Å². The average Bonchev–Trinajstić information content (AvgIpc) is 3.38. The van der Waals surface area contributed by atoms with Gasteiger partial charge < -0.3 is 14.8 Å². The quantitative estimate of drug-likeness (QED) is 0.497. The number of thiophene rings is 1. The van der Waals surface area contributed by atoms with Gasteiger partial charge in [-0.2, -0.15) is 0 Å². The fourth-order valence-electron chi connectivity index (χ4n) is 3.18. The third-order valence-electron chi connectivity index (χ3n) is 4.84. The van der Waals surface area contributed by atoms with Crippen molar-refractivity contribution in [3.63, 3.8) is 0 Å². The van der Waals surface area contributed by atoms with Crippen LogP contribution in [0.4, 0.5) is 0 Å². The smallest absolute Gasteiger partial charge is 0.216 e. The van der Waals surface area contributed by atoms with Crippen molar-refractivity contribution < 1.29 is 8.42 Å². The molecule has 1 unspecified atom stereocenters. The molecule has 0 amide bonds. The Morgan fingerprint density at radius 1 is 1.41 bits per heavy atom. The second-order valence-corrected chi connectivity index (χ2v) is 10.5. The predicted octanol–water partition coefficient (Wildman–Crippen LogP) is 1.23. The summed E-state index contributed by atoms with van der Waals surface area (Å²) in [6, 6.07) is 3.96. The minimum Gasteiger partial charge on any atom is -0.351 e. The number of sulfonamides is 1. The van der Waals surface area contributed by atoms with Gasteiger partial charge in [0.1, 0.15) is 12.4 Å². The van der Waals surface area contributed by atoms with Crippen LogP contribution in [-0.4, -0.2) is 58.4 Å². The Kier molecular flexibility index (Phi) is 6.91. The van der Waals surface area contributed by atoms with Crippen LogP contribution in [0.2, 0.25) is 0 Å². The van der Waals surface area contributed by atoms with Gasteiger partial charge in [0.2, 0.25) is 10.0 Å². The predicted molar refractivity (Wildman–Crippen MR) is 115 cm³/mol. The van der Waals surface area contributed by atoms with Crippen LogP contribution in [-0.2, 0) is 30.2 Å². The number of aryl methyl sites for hydroxylation is 1. The zero-order chi connectivity index (χ0) is 21.0. The highest BCUT2D eigenvalue weighted by Gasteiger charge is 2.34. The van der Waals surface area contributed by atoms with E-state index in [1.807, 2.05) is 48.7 Å². The third-order valence-corrected chi connectivity index (χ3v) is 7.78. The van der Waals surface area contributed by atoms with Crippen molar-refractivity contribution in [2.75, 3.05) is 13.1 Å². The van der Waals surface area contributed by atoms with E-state index >= 15 is 0 Å². The van der Waals surface area contributed by atoms with Gasteiger partial charge in [-0.15, -0.1) is 21.5 Å². The van der Waals surface area contributed by atoms with Gasteiger partial charge in [-0.1, -0.05) is 6.07 Å². The number of aromatic nitrogens is 3. The lowest BCUT2D eigenvalue weighted by molar-refractivity contribution is 0.487. The normalized spacial score (nSPS) is 18.0. The Morgan fingerprint density at radius 2 is 2.21 bits per heavy atom. The molecule has 1 aliphatic heterocycles. The summed E-state index contributed by atoms with van der Waals surface area (Å²) in [5.41, 5.74) is 0. The Labute approximate surface area is 176 Å². The standard InChI is InChI=1S/C18H29N7O2S2/c1-13(2)23-29(26,27)16-7-8-25(12-16)18(19-10-15-6-5-9-28-15)20-11-17-22-21-14(3)24(17)4/h5-6,9,13,16,23H,7-8,10-12H2,1-4H3,(H,19,20). The first kappa shape index (κ1) is 21.7. The Hall–Kier alpha value is -1.98. The molecular formula is C18H29N7O2S2. The van der Waals surface area contributed by atoms with Crippen LogP contribution < -0.4 is 10.0 Å². The van der Waals surface area contributed by atoms with Crippen LogP contribution in [0.1, 0.15) is 36.8 Å². The van der Waals surface area contributed by atoms with Gasteiger partial charge >= 0.3 is 0 Å². The largest absolute Gasteiger partial charge is 0.351 e. The third kappa shape index (κ3) is 5.55. The van der Waals surface area contributed by atoms with E-state index in [9.17, 15) is 8.42 Å². The van der Waals surface area contributed by atoms with Crippen LogP contribution in [0.3, 0.4) is 0 Å². The van der Waals surface area contributed by atoms with Gasteiger partial charge in [0.05, 0.1) is 11.8 Å². The van der Waals surface area contributed by atoms with Gasteiger partial charge in [0, 0.05) is 31.1 Å². The molecule has 1 fully saturated rings. The van der Waals surface area contributed by atoms with Crippen molar-refractivity contribution in [1.29, 1.82) is 0 Å². The van der Waals surface area contributed by atoms with Crippen molar-refractivity contribution in [3.05, 3.63) is 34.0 Å². The van der Waals surface area contributed by atoms with E-state index in [1.165, 1.54) is 4.88 Å². The molecule has 2 aromatic heterocycles. The number of hydrogen-bond acceptors (Lipinski definition) is 6. The Bertz CT molecular complexity index is 936. The van der Waals surface area contributed by atoms with Crippen molar-refractivity contribution in [3.8, 4) is 0 Å². The molecule has 1 saturated heterocycles. The SMILES string of the molecule is Cc1nnc(CN=C(NCc2cccs2)N2CCC(S(=O)(=O)NC(C)C)C2)n1C. The van der Waals surface area contributed by atoms with Crippen molar-refractivity contribution in [2.24, 2.45) is 12.0 Å². The van der Waals surface area contributed by atoms with E-state index in [0.29, 0.717) is 38.6 Å². The van der Waals surface area contributed by atoms with Crippen LogP contribution in [0.5, 0.6) is 0 Å². The molecule has 29 heavy (non-hydrogen) atoms. The molecule has 1 aliphatic rings. The van der Waals surface area contributed by atoms with Crippen LogP contribution in [0.15, 0.2) is 22.5 Å². The van der Waals surface area contributed by atoms with Gasteiger partial charge in [-0.3, -0.25) is 0 Å². The molecule has 2 aromatic rings. The number of nitrogens with zero attached hydrogens (tertiary/aromatic N) is 5. The van der Waals surface area contributed by atoms with E-state index in [0.717, 1.165) is 11.6 Å². The van der Waals surface area contributed by atoms with Gasteiger partial charge in [0.25, 0.3) is 0 Å². The van der Waals surface area contributed by atoms with Crippen LogP contribution >= 0.6 is 11.3 Å². The molecule has 11 heteroatoms. The molecule has 3 rings (SSSR count). The van der Waals surface area contributed by atoms with E-state index in [4.69, 9.17) is 4.99 Å². The van der Waals surface area contributed by atoms with Gasteiger partial charge in [-0.25, -0.2) is 18.1 Å². The van der Waals surface area contributed by atoms with Crippen molar-refractivity contribution >= 4 is 27.3 Å². The molecule has 3 heterocycles. The maximum absolute atomic E-state index is 12.6. The molecule has 0 aromatic carbocycles. The summed E-state index contributed by atoms with van der Waals surface area (Å²) in [6.45, 7) is 7.64. The molecule has 0 bridgehead atoms. The molecule has 0 aliphatic carbocycles. The molecule has 0 radical (unpaired) electrons. The lowest BCUT2D eigenvalue weighted by atomic mass is 10.4. The monoisotopic (exact) mass is 439 g/mol. The highest BCUT2D eigenvalue weighted by Crippen LogP contribution is 2.18. The van der Waals surface area contributed by atoms with E-state index in [2.05, 4.69) is 26.3 Å². The summed E-state index contributed by atoms with van der Waals surface area (Å²) in [6.07, 6.45) is 0.574. The highest BCUT2D eigenvalue weighted by molar-refractivity contribution is 7.90. The zero-order valence-electron chi connectivity index (χ0n) is 17.3. The number of likely N-dealkylation sites (tertiary alicyclic amines) is 1. The lowest BCUT2D eigenvalue weighted by Crippen LogP contribution is -2.43. The number of nitrogens with one attached hydrogen (secondary N) is 2. The fraction of sp³-hybridized carbons (Fsp3) is 0.611. The summed E-state index contributed by atoms with van der Waals surface area (Å²) in [5.74, 6) is 2.29. The fourth-order valence-corrected chi connectivity index (χ4v) is 5.47. The summed E-state index contributed by atoms with van der Waals surface area (Å²) < 4.78 is 29.7. The summed E-state index contributed by atoms with van der Waals surface area (Å²) in [7, 11) is -1.44. The van der Waals surface area contributed by atoms with E-state index in [1.54, 1.807) is 11.3 Å².